The summed E-state index contributed by atoms with van der Waals surface area (Å²) in [5.41, 5.74) is 7.11. The van der Waals surface area contributed by atoms with Gasteiger partial charge in [0.1, 0.15) is 17.3 Å². The fourth-order valence-electron chi connectivity index (χ4n) is 3.73. The highest BCUT2D eigenvalue weighted by Crippen LogP contribution is 2.23. The third-order valence-corrected chi connectivity index (χ3v) is 5.65. The number of carbonyl (C=O) groups excluding carboxylic acids is 3. The molecule has 3 rings (SSSR count). The van der Waals surface area contributed by atoms with Crippen molar-refractivity contribution in [2.45, 2.75) is 19.8 Å². The molecule has 1 aliphatic heterocycles. The number of aromatic nitrogens is 1. The smallest absolute Gasteiger partial charge is 0.337 e. The summed E-state index contributed by atoms with van der Waals surface area (Å²) in [6, 6.07) is 9.68. The minimum atomic E-state index is -0.449. The van der Waals surface area contributed by atoms with E-state index in [0.717, 1.165) is 12.8 Å². The lowest BCUT2D eigenvalue weighted by atomic mass is 9.96. The van der Waals surface area contributed by atoms with Gasteiger partial charge in [-0.05, 0) is 56.0 Å². The molecule has 2 heterocycles. The van der Waals surface area contributed by atoms with Gasteiger partial charge in [0.15, 0.2) is 0 Å². The van der Waals surface area contributed by atoms with Crippen LogP contribution in [0.3, 0.4) is 0 Å². The molecule has 1 aromatic heterocycles. The van der Waals surface area contributed by atoms with E-state index in [1.54, 1.807) is 36.1 Å². The highest BCUT2D eigenvalue weighted by molar-refractivity contribution is 5.96. The van der Waals surface area contributed by atoms with E-state index in [-0.39, 0.29) is 34.6 Å². The maximum atomic E-state index is 12.8. The van der Waals surface area contributed by atoms with Crippen molar-refractivity contribution >= 4 is 23.5 Å². The Morgan fingerprint density at radius 1 is 1.21 bits per heavy atom. The molecule has 0 atom stereocenters. The van der Waals surface area contributed by atoms with Gasteiger partial charge in [-0.25, -0.2) is 9.78 Å². The Kier molecular flexibility index (Phi) is 8.03. The molecule has 3 N–H and O–H groups in total. The SMILES string of the molecule is CCOc1nc(C(=O)NCC2CCN(C(=O)c3ccc(C(=O)OC)cc3)CC2)cc(N)c1C#N. The summed E-state index contributed by atoms with van der Waals surface area (Å²) in [5.74, 6) is -0.700. The van der Waals surface area contributed by atoms with Gasteiger partial charge in [-0.3, -0.25) is 9.59 Å². The summed E-state index contributed by atoms with van der Waals surface area (Å²) in [7, 11) is 1.31. The van der Waals surface area contributed by atoms with E-state index in [9.17, 15) is 19.6 Å². The van der Waals surface area contributed by atoms with E-state index in [0.29, 0.717) is 37.4 Å². The first-order valence-corrected chi connectivity index (χ1v) is 11.0. The van der Waals surface area contributed by atoms with E-state index in [1.807, 2.05) is 6.07 Å². The molecule has 34 heavy (non-hydrogen) atoms. The van der Waals surface area contributed by atoms with Crippen molar-refractivity contribution in [1.29, 1.82) is 5.26 Å². The Morgan fingerprint density at radius 3 is 2.44 bits per heavy atom. The molecule has 0 bridgehead atoms. The number of nitrogens with one attached hydrogen (secondary N) is 1. The quantitative estimate of drug-likeness (QED) is 0.590. The minimum absolute atomic E-state index is 0.0431. The summed E-state index contributed by atoms with van der Waals surface area (Å²) in [5, 5.41) is 12.1. The van der Waals surface area contributed by atoms with Crippen LogP contribution in [-0.4, -0.2) is 61.0 Å². The monoisotopic (exact) mass is 465 g/mol. The number of methoxy groups -OCH3 is 1. The van der Waals surface area contributed by atoms with Gasteiger partial charge in [-0.2, -0.15) is 5.26 Å². The first-order valence-electron chi connectivity index (χ1n) is 11.0. The molecule has 0 radical (unpaired) electrons. The Hall–Kier alpha value is -4.13. The van der Waals surface area contributed by atoms with Crippen LogP contribution in [-0.2, 0) is 4.74 Å². The molecule has 10 nitrogen and oxygen atoms in total. The molecular weight excluding hydrogens is 438 g/mol. The molecule has 1 aliphatic rings. The van der Waals surface area contributed by atoms with Crippen LogP contribution in [0.4, 0.5) is 5.69 Å². The van der Waals surface area contributed by atoms with Gasteiger partial charge in [0.25, 0.3) is 11.8 Å². The number of benzene rings is 1. The van der Waals surface area contributed by atoms with Crippen LogP contribution in [0.15, 0.2) is 30.3 Å². The number of likely N-dealkylation sites (tertiary alicyclic amines) is 1. The molecule has 1 aromatic carbocycles. The standard InChI is InChI=1S/C24H27N5O5/c1-3-34-22-18(13-25)19(26)12-20(28-22)21(30)27-14-15-8-10-29(11-9-15)23(31)16-4-6-17(7-5-16)24(32)33-2/h4-7,12,15H,3,8-11,14H2,1-2H3,(H2,26,28)(H,27,30). The fraction of sp³-hybridized carbons (Fsp3) is 0.375. The molecule has 0 spiro atoms. The minimum Gasteiger partial charge on any atom is -0.477 e. The number of nitrogens with zero attached hydrogens (tertiary/aromatic N) is 3. The molecule has 0 unspecified atom stereocenters. The number of pyridine rings is 1. The Morgan fingerprint density at radius 2 is 1.85 bits per heavy atom. The molecular formula is C24H27N5O5. The number of rotatable bonds is 7. The number of nitrogen functional groups attached to an aromatic ring is 1. The summed E-state index contributed by atoms with van der Waals surface area (Å²) in [6.45, 7) is 3.60. The first kappa shape index (κ1) is 24.5. The van der Waals surface area contributed by atoms with Gasteiger partial charge in [-0.15, -0.1) is 0 Å². The molecule has 10 heteroatoms. The normalized spacial score (nSPS) is 13.6. The van der Waals surface area contributed by atoms with Gasteiger partial charge < -0.3 is 25.4 Å². The average molecular weight is 466 g/mol. The van der Waals surface area contributed by atoms with Crippen LogP contribution in [0, 0.1) is 17.2 Å². The Bertz CT molecular complexity index is 1100. The van der Waals surface area contributed by atoms with Crippen molar-refractivity contribution in [3.8, 4) is 11.9 Å². The predicted molar refractivity (Wildman–Crippen MR) is 123 cm³/mol. The largest absolute Gasteiger partial charge is 0.477 e. The lowest BCUT2D eigenvalue weighted by Gasteiger charge is -2.32. The van der Waals surface area contributed by atoms with Crippen molar-refractivity contribution in [1.82, 2.24) is 15.2 Å². The van der Waals surface area contributed by atoms with Crippen LogP contribution < -0.4 is 15.8 Å². The van der Waals surface area contributed by atoms with Crippen LogP contribution in [0.5, 0.6) is 5.88 Å². The molecule has 2 aromatic rings. The molecule has 2 amide bonds. The summed E-state index contributed by atoms with van der Waals surface area (Å²) >= 11 is 0. The predicted octanol–water partition coefficient (Wildman–Crippen LogP) is 2.00. The van der Waals surface area contributed by atoms with E-state index in [4.69, 9.17) is 10.5 Å². The van der Waals surface area contributed by atoms with E-state index in [1.165, 1.54) is 13.2 Å². The third-order valence-electron chi connectivity index (χ3n) is 5.65. The zero-order valence-electron chi connectivity index (χ0n) is 19.2. The van der Waals surface area contributed by atoms with Crippen LogP contribution in [0.25, 0.3) is 0 Å². The number of anilines is 1. The fourth-order valence-corrected chi connectivity index (χ4v) is 3.73. The van der Waals surface area contributed by atoms with Gasteiger partial charge in [0.05, 0.1) is 25.0 Å². The molecule has 0 saturated carbocycles. The summed E-state index contributed by atoms with van der Waals surface area (Å²) in [6.07, 6.45) is 1.47. The Labute approximate surface area is 197 Å². The van der Waals surface area contributed by atoms with Crippen LogP contribution in [0.1, 0.15) is 56.5 Å². The number of nitrogens with two attached hydrogens (primary N) is 1. The van der Waals surface area contributed by atoms with E-state index in [2.05, 4.69) is 15.0 Å². The highest BCUT2D eigenvalue weighted by atomic mass is 16.5. The second-order valence-corrected chi connectivity index (χ2v) is 7.84. The van der Waals surface area contributed by atoms with Gasteiger partial charge in [-0.1, -0.05) is 0 Å². The van der Waals surface area contributed by atoms with Crippen molar-refractivity contribution in [3.05, 3.63) is 52.7 Å². The second-order valence-electron chi connectivity index (χ2n) is 7.84. The summed E-state index contributed by atoms with van der Waals surface area (Å²) in [4.78, 5) is 42.8. The van der Waals surface area contributed by atoms with Gasteiger partial charge in [0.2, 0.25) is 5.88 Å². The third kappa shape index (κ3) is 5.61. The van der Waals surface area contributed by atoms with Crippen molar-refractivity contribution in [2.24, 2.45) is 5.92 Å². The number of esters is 1. The number of nitriles is 1. The van der Waals surface area contributed by atoms with E-state index >= 15 is 0 Å². The van der Waals surface area contributed by atoms with E-state index < -0.39 is 11.9 Å². The summed E-state index contributed by atoms with van der Waals surface area (Å²) < 4.78 is 10.0. The van der Waals surface area contributed by atoms with Crippen LogP contribution in [0.2, 0.25) is 0 Å². The van der Waals surface area contributed by atoms with Gasteiger partial charge >= 0.3 is 5.97 Å². The number of amides is 2. The maximum Gasteiger partial charge on any atom is 0.337 e. The zero-order chi connectivity index (χ0) is 24.7. The first-order chi connectivity index (χ1) is 16.4. The molecule has 1 saturated heterocycles. The maximum absolute atomic E-state index is 12.8. The lowest BCUT2D eigenvalue weighted by molar-refractivity contribution is 0.0599. The topological polar surface area (TPSA) is 148 Å². The number of ether oxygens (including phenoxy) is 2. The number of piperidine rings is 1. The zero-order valence-corrected chi connectivity index (χ0v) is 19.2. The number of hydrogen-bond donors (Lipinski definition) is 2. The number of hydrogen-bond acceptors (Lipinski definition) is 8. The van der Waals surface area contributed by atoms with Crippen LogP contribution >= 0.6 is 0 Å². The number of carbonyl (C=O) groups is 3. The molecule has 0 aliphatic carbocycles. The lowest BCUT2D eigenvalue weighted by Crippen LogP contribution is -2.41. The average Bonchev–Trinajstić information content (AvgIpc) is 2.86. The highest BCUT2D eigenvalue weighted by Gasteiger charge is 2.25. The van der Waals surface area contributed by atoms with Crippen molar-refractivity contribution < 1.29 is 23.9 Å². The molecule has 178 valence electrons. The van der Waals surface area contributed by atoms with Gasteiger partial charge in [0, 0.05) is 25.2 Å². The van der Waals surface area contributed by atoms with Crippen molar-refractivity contribution in [3.63, 3.8) is 0 Å². The van der Waals surface area contributed by atoms with Crippen molar-refractivity contribution in [2.75, 3.05) is 39.1 Å². The second kappa shape index (κ2) is 11.1. The molecule has 1 fully saturated rings. The Balaban J connectivity index is 1.53.